The highest BCUT2D eigenvalue weighted by atomic mass is 16.4. The maximum Gasteiger partial charge on any atom is 0.335 e. The van der Waals surface area contributed by atoms with Crippen LogP contribution in [0.5, 0.6) is 0 Å². The van der Waals surface area contributed by atoms with E-state index < -0.39 is 36.4 Å². The van der Waals surface area contributed by atoms with Gasteiger partial charge in [-0.05, 0) is 18.9 Å². The van der Waals surface area contributed by atoms with Gasteiger partial charge in [0.1, 0.15) is 12.2 Å². The average molecular weight is 345 g/mol. The molecule has 0 unspecified atom stereocenters. The molecule has 0 saturated carbocycles. The van der Waals surface area contributed by atoms with Crippen LogP contribution >= 0.6 is 0 Å². The molecule has 24 heavy (non-hydrogen) atoms. The van der Waals surface area contributed by atoms with E-state index in [4.69, 9.17) is 36.4 Å². The van der Waals surface area contributed by atoms with Gasteiger partial charge < -0.3 is 36.4 Å². The number of rotatable bonds is 7. The Morgan fingerprint density at radius 3 is 1.58 bits per heavy atom. The molecule has 0 radical (unpaired) electrons. The molecule has 0 spiro atoms. The molecule has 0 amide bonds. The van der Waals surface area contributed by atoms with Gasteiger partial charge in [0, 0.05) is 6.04 Å². The van der Waals surface area contributed by atoms with Crippen LogP contribution in [0.3, 0.4) is 0 Å². The lowest BCUT2D eigenvalue weighted by atomic mass is 10.0. The third-order valence-corrected chi connectivity index (χ3v) is 2.90. The molecule has 9 nitrogen and oxygen atoms in total. The lowest BCUT2D eigenvalue weighted by Gasteiger charge is -2.21. The lowest BCUT2D eigenvalue weighted by molar-refractivity contribution is -0.172. The zero-order chi connectivity index (χ0) is 18.9. The molecule has 0 saturated heterocycles. The van der Waals surface area contributed by atoms with Gasteiger partial charge in [-0.1, -0.05) is 30.3 Å². The fraction of sp³-hybridized carbons (Fsp3) is 0.467. The van der Waals surface area contributed by atoms with E-state index in [9.17, 15) is 9.59 Å². The molecule has 136 valence electrons. The Labute approximate surface area is 138 Å². The van der Waals surface area contributed by atoms with Gasteiger partial charge in [-0.2, -0.15) is 0 Å². The molecule has 0 aliphatic rings. The van der Waals surface area contributed by atoms with Crippen molar-refractivity contribution < 1.29 is 40.2 Å². The van der Waals surface area contributed by atoms with Gasteiger partial charge in [-0.25, -0.2) is 9.59 Å². The van der Waals surface area contributed by atoms with Crippen molar-refractivity contribution in [1.29, 1.82) is 0 Å². The summed E-state index contributed by atoms with van der Waals surface area (Å²) in [6, 6.07) is 10.6. The summed E-state index contributed by atoms with van der Waals surface area (Å²) in [6.45, 7) is 2.02. The van der Waals surface area contributed by atoms with Crippen molar-refractivity contribution in [2.45, 2.75) is 43.8 Å². The smallest absolute Gasteiger partial charge is 0.335 e. The summed E-state index contributed by atoms with van der Waals surface area (Å²) in [5.41, 5.74) is 6.94. The van der Waals surface area contributed by atoms with E-state index in [2.05, 4.69) is 12.1 Å². The fourth-order valence-corrected chi connectivity index (χ4v) is 1.65. The predicted molar refractivity (Wildman–Crippen MR) is 83.1 cm³/mol. The topological polar surface area (TPSA) is 182 Å². The first-order chi connectivity index (χ1) is 11.1. The van der Waals surface area contributed by atoms with Crippen LogP contribution in [0.4, 0.5) is 0 Å². The highest BCUT2D eigenvalue weighted by molar-refractivity contribution is 5.75. The van der Waals surface area contributed by atoms with Crippen LogP contribution in [0, 0.1) is 0 Å². The molecule has 1 aromatic carbocycles. The minimum absolute atomic E-state index is 0.266. The molecule has 8 N–H and O–H groups in total. The number of hydrogen-bond donors (Lipinski definition) is 7. The van der Waals surface area contributed by atoms with Crippen LogP contribution in [-0.4, -0.2) is 73.0 Å². The Balaban J connectivity index is 0.000000463. The maximum absolute atomic E-state index is 10.1. The van der Waals surface area contributed by atoms with Crippen molar-refractivity contribution in [1.82, 2.24) is 0 Å². The van der Waals surface area contributed by atoms with Crippen LogP contribution in [0.1, 0.15) is 12.5 Å². The highest BCUT2D eigenvalue weighted by Crippen LogP contribution is 2.05. The van der Waals surface area contributed by atoms with E-state index in [-0.39, 0.29) is 6.04 Å². The normalized spacial score (nSPS) is 16.8. The Bertz CT molecular complexity index is 483. The van der Waals surface area contributed by atoms with E-state index in [0.717, 1.165) is 6.42 Å². The Morgan fingerprint density at radius 1 is 0.917 bits per heavy atom. The first-order valence-electron chi connectivity index (χ1n) is 7.05. The SMILES string of the molecule is C[C@H](N)Cc1ccccc1.O=C(O)[C@@H](O)[C@@H](O)[C@H](O)[C@@H](O)C(=O)O. The third-order valence-electron chi connectivity index (χ3n) is 2.90. The Kier molecular flexibility index (Phi) is 9.77. The molecule has 0 aromatic heterocycles. The molecule has 0 fully saturated rings. The van der Waals surface area contributed by atoms with Crippen molar-refractivity contribution in [3.63, 3.8) is 0 Å². The number of aliphatic hydroxyl groups excluding tert-OH is 4. The predicted octanol–water partition coefficient (Wildman–Crippen LogP) is -1.82. The molecule has 5 atom stereocenters. The minimum atomic E-state index is -2.36. The summed E-state index contributed by atoms with van der Waals surface area (Å²) in [7, 11) is 0. The first kappa shape index (κ1) is 22.0. The summed E-state index contributed by atoms with van der Waals surface area (Å²) >= 11 is 0. The van der Waals surface area contributed by atoms with E-state index in [1.54, 1.807) is 0 Å². The Hall–Kier alpha value is -2.04. The molecule has 9 heteroatoms. The van der Waals surface area contributed by atoms with E-state index in [1.165, 1.54) is 5.56 Å². The van der Waals surface area contributed by atoms with E-state index >= 15 is 0 Å². The van der Waals surface area contributed by atoms with Gasteiger partial charge in [0.2, 0.25) is 0 Å². The van der Waals surface area contributed by atoms with Crippen LogP contribution in [0.25, 0.3) is 0 Å². The van der Waals surface area contributed by atoms with Gasteiger partial charge in [0.25, 0.3) is 0 Å². The summed E-state index contributed by atoms with van der Waals surface area (Å²) in [4.78, 5) is 20.2. The van der Waals surface area contributed by atoms with Crippen molar-refractivity contribution in [2.75, 3.05) is 0 Å². The first-order valence-corrected chi connectivity index (χ1v) is 7.05. The minimum Gasteiger partial charge on any atom is -0.479 e. The van der Waals surface area contributed by atoms with Gasteiger partial charge in [0.15, 0.2) is 12.2 Å². The number of carboxylic acids is 2. The van der Waals surface area contributed by atoms with Crippen LogP contribution in [-0.2, 0) is 16.0 Å². The number of nitrogens with two attached hydrogens (primary N) is 1. The zero-order valence-electron chi connectivity index (χ0n) is 13.1. The lowest BCUT2D eigenvalue weighted by Crippen LogP contribution is -2.49. The highest BCUT2D eigenvalue weighted by Gasteiger charge is 2.37. The monoisotopic (exact) mass is 345 g/mol. The van der Waals surface area contributed by atoms with Crippen LogP contribution < -0.4 is 5.73 Å². The van der Waals surface area contributed by atoms with Crippen molar-refractivity contribution in [3.05, 3.63) is 35.9 Å². The number of hydrogen-bond acceptors (Lipinski definition) is 7. The fourth-order valence-electron chi connectivity index (χ4n) is 1.65. The average Bonchev–Trinajstić information content (AvgIpc) is 2.52. The van der Waals surface area contributed by atoms with Crippen molar-refractivity contribution >= 4 is 11.9 Å². The zero-order valence-corrected chi connectivity index (χ0v) is 13.1. The maximum atomic E-state index is 10.1. The summed E-state index contributed by atoms with van der Waals surface area (Å²) in [5, 5.41) is 51.5. The van der Waals surface area contributed by atoms with Gasteiger partial charge in [-0.3, -0.25) is 0 Å². The number of carbonyl (C=O) groups is 2. The summed E-state index contributed by atoms with van der Waals surface area (Å²) in [6.07, 6.45) is -8.31. The molecular weight excluding hydrogens is 322 g/mol. The van der Waals surface area contributed by atoms with Gasteiger partial charge >= 0.3 is 11.9 Å². The van der Waals surface area contributed by atoms with Crippen LogP contribution in [0.15, 0.2) is 30.3 Å². The quantitative estimate of drug-likeness (QED) is 0.299. The largest absolute Gasteiger partial charge is 0.479 e. The second-order valence-corrected chi connectivity index (χ2v) is 5.21. The molecular formula is C15H23NO8. The number of aliphatic hydroxyl groups is 4. The molecule has 0 aliphatic heterocycles. The molecule has 1 aromatic rings. The molecule has 0 bridgehead atoms. The molecule has 0 aliphatic carbocycles. The summed E-state index contributed by atoms with van der Waals surface area (Å²) in [5.74, 6) is -3.68. The van der Waals surface area contributed by atoms with Crippen molar-refractivity contribution in [2.24, 2.45) is 5.73 Å². The second-order valence-electron chi connectivity index (χ2n) is 5.21. The number of carboxylic acid groups (broad SMARTS) is 2. The second kappa shape index (κ2) is 10.7. The van der Waals surface area contributed by atoms with E-state index in [0.29, 0.717) is 0 Å². The van der Waals surface area contributed by atoms with Gasteiger partial charge in [-0.15, -0.1) is 0 Å². The Morgan fingerprint density at radius 2 is 1.29 bits per heavy atom. The summed E-state index contributed by atoms with van der Waals surface area (Å²) < 4.78 is 0. The third kappa shape index (κ3) is 7.99. The number of benzene rings is 1. The standard InChI is InChI=1S/C9H13N.C6H10O8/c1-8(10)7-9-5-3-2-4-6-9;7-1(3(9)5(11)12)2(8)4(10)6(13)14/h2-6,8H,7,10H2,1H3;1-4,7-10H,(H,11,12)(H,13,14)/t8-;1-,2-,3-,4+/m00/s1. The van der Waals surface area contributed by atoms with Crippen molar-refractivity contribution in [3.8, 4) is 0 Å². The molecule has 0 heterocycles. The van der Waals surface area contributed by atoms with E-state index in [1.807, 2.05) is 25.1 Å². The van der Waals surface area contributed by atoms with Gasteiger partial charge in [0.05, 0.1) is 0 Å². The number of aliphatic carboxylic acids is 2. The molecule has 1 rings (SSSR count). The van der Waals surface area contributed by atoms with Crippen LogP contribution in [0.2, 0.25) is 0 Å².